The first kappa shape index (κ1) is 22.2. The summed E-state index contributed by atoms with van der Waals surface area (Å²) in [4.78, 5) is 11.8. The maximum absolute atomic E-state index is 11.8. The lowest BCUT2D eigenvalue weighted by atomic mass is 9.91. The van der Waals surface area contributed by atoms with Crippen LogP contribution < -0.4 is 0 Å². The molecule has 0 heterocycles. The van der Waals surface area contributed by atoms with E-state index in [1.807, 2.05) is 0 Å². The SMILES string of the molecule is CC(=O)c1c(C)c(Cl)c(O)c(CCC(C)CCCC(C)COP)c1O. The number of carbonyl (C=O) groups is 1. The van der Waals surface area contributed by atoms with Crippen molar-refractivity contribution in [2.24, 2.45) is 11.8 Å². The van der Waals surface area contributed by atoms with Gasteiger partial charge in [0.05, 0.1) is 17.2 Å². The Hall–Kier alpha value is -0.830. The lowest BCUT2D eigenvalue weighted by Gasteiger charge is -2.17. The summed E-state index contributed by atoms with van der Waals surface area (Å²) in [6, 6.07) is 0. The highest BCUT2D eigenvalue weighted by atomic mass is 35.5. The van der Waals surface area contributed by atoms with Crippen LogP contribution in [-0.4, -0.2) is 22.6 Å². The molecule has 3 unspecified atom stereocenters. The Morgan fingerprint density at radius 1 is 1.16 bits per heavy atom. The summed E-state index contributed by atoms with van der Waals surface area (Å²) >= 11 is 6.14. The van der Waals surface area contributed by atoms with Crippen LogP contribution >= 0.6 is 21.1 Å². The van der Waals surface area contributed by atoms with Crippen molar-refractivity contribution < 1.29 is 19.5 Å². The summed E-state index contributed by atoms with van der Waals surface area (Å²) < 4.78 is 5.07. The molecular weight excluding hydrogens is 359 g/mol. The van der Waals surface area contributed by atoms with Crippen LogP contribution in [0.15, 0.2) is 0 Å². The first-order chi connectivity index (χ1) is 11.7. The summed E-state index contributed by atoms with van der Waals surface area (Å²) in [5, 5.41) is 20.8. The number of carbonyl (C=O) groups excluding carboxylic acids is 1. The van der Waals surface area contributed by atoms with Crippen LogP contribution in [0.3, 0.4) is 0 Å². The second-order valence-corrected chi connectivity index (χ2v) is 7.77. The second kappa shape index (κ2) is 10.4. The third kappa shape index (κ3) is 6.13. The van der Waals surface area contributed by atoms with Crippen LogP contribution in [0.4, 0.5) is 0 Å². The Kier molecular flexibility index (Phi) is 9.20. The van der Waals surface area contributed by atoms with Crippen molar-refractivity contribution in [2.75, 3.05) is 6.61 Å². The fourth-order valence-corrected chi connectivity index (χ4v) is 3.66. The zero-order chi connectivity index (χ0) is 19.1. The monoisotopic (exact) mass is 388 g/mol. The van der Waals surface area contributed by atoms with E-state index in [-0.39, 0.29) is 27.9 Å². The molecule has 0 amide bonds. The zero-order valence-electron chi connectivity index (χ0n) is 15.6. The van der Waals surface area contributed by atoms with Crippen LogP contribution in [0.25, 0.3) is 0 Å². The van der Waals surface area contributed by atoms with Gasteiger partial charge in [-0.15, -0.1) is 0 Å². The van der Waals surface area contributed by atoms with Crippen molar-refractivity contribution in [3.8, 4) is 11.5 Å². The number of benzene rings is 1. The molecule has 25 heavy (non-hydrogen) atoms. The van der Waals surface area contributed by atoms with E-state index in [1.165, 1.54) is 6.92 Å². The average Bonchev–Trinajstić information content (AvgIpc) is 2.52. The highest BCUT2D eigenvalue weighted by molar-refractivity contribution is 7.09. The van der Waals surface area contributed by atoms with Gasteiger partial charge in [0.1, 0.15) is 11.5 Å². The minimum absolute atomic E-state index is 0.111. The predicted octanol–water partition coefficient (Wildman–Crippen LogP) is 5.44. The molecule has 0 aliphatic carbocycles. The molecule has 2 N–H and O–H groups in total. The van der Waals surface area contributed by atoms with E-state index >= 15 is 0 Å². The number of phenols is 2. The van der Waals surface area contributed by atoms with Gasteiger partial charge < -0.3 is 14.7 Å². The molecule has 1 aromatic carbocycles. The van der Waals surface area contributed by atoms with Crippen molar-refractivity contribution in [3.05, 3.63) is 21.7 Å². The largest absolute Gasteiger partial charge is 0.507 e. The number of halogens is 1. The van der Waals surface area contributed by atoms with Crippen LogP contribution in [0.2, 0.25) is 5.02 Å². The predicted molar refractivity (Wildman–Crippen MR) is 106 cm³/mol. The van der Waals surface area contributed by atoms with Gasteiger partial charge in [0.25, 0.3) is 0 Å². The van der Waals surface area contributed by atoms with Crippen LogP contribution in [0, 0.1) is 18.8 Å². The van der Waals surface area contributed by atoms with Gasteiger partial charge in [-0.25, -0.2) is 0 Å². The van der Waals surface area contributed by atoms with E-state index in [9.17, 15) is 15.0 Å². The number of hydrogen-bond acceptors (Lipinski definition) is 4. The number of aromatic hydroxyl groups is 2. The Bertz CT molecular complexity index is 604. The van der Waals surface area contributed by atoms with Crippen molar-refractivity contribution in [1.82, 2.24) is 0 Å². The van der Waals surface area contributed by atoms with Crippen LogP contribution in [0.5, 0.6) is 11.5 Å². The Balaban J connectivity index is 2.72. The summed E-state index contributed by atoms with van der Waals surface area (Å²) in [6.07, 6.45) is 4.60. The molecule has 142 valence electrons. The minimum Gasteiger partial charge on any atom is -0.507 e. The normalized spacial score (nSPS) is 13.7. The highest BCUT2D eigenvalue weighted by Crippen LogP contribution is 2.41. The summed E-state index contributed by atoms with van der Waals surface area (Å²) in [5.41, 5.74) is 1.00. The molecule has 0 fully saturated rings. The van der Waals surface area contributed by atoms with Gasteiger partial charge in [-0.2, -0.15) is 0 Å². The molecule has 0 saturated heterocycles. The molecule has 3 atom stereocenters. The van der Waals surface area contributed by atoms with Gasteiger partial charge in [0.15, 0.2) is 5.78 Å². The molecule has 1 aromatic rings. The van der Waals surface area contributed by atoms with E-state index in [0.717, 1.165) is 32.3 Å². The van der Waals surface area contributed by atoms with Crippen LogP contribution in [0.1, 0.15) is 67.9 Å². The van der Waals surface area contributed by atoms with Gasteiger partial charge in [-0.3, -0.25) is 4.79 Å². The number of phenolic OH excluding ortho intramolecular Hbond substituents is 2. The summed E-state index contributed by atoms with van der Waals surface area (Å²) in [7, 11) is 2.28. The molecule has 0 aromatic heterocycles. The molecular formula is C19H30ClO4P. The van der Waals surface area contributed by atoms with E-state index in [2.05, 4.69) is 23.3 Å². The number of Topliss-reactive ketones (excluding diaryl/α,β-unsaturated/α-hetero) is 1. The fourth-order valence-electron chi connectivity index (χ4n) is 3.13. The third-order valence-electron chi connectivity index (χ3n) is 4.73. The smallest absolute Gasteiger partial charge is 0.163 e. The van der Waals surface area contributed by atoms with Crippen molar-refractivity contribution in [1.29, 1.82) is 0 Å². The third-order valence-corrected chi connectivity index (χ3v) is 5.39. The highest BCUT2D eigenvalue weighted by Gasteiger charge is 2.23. The quantitative estimate of drug-likeness (QED) is 0.413. The standard InChI is InChI=1S/C19H30ClO4P/c1-11(6-5-7-12(2)10-24-25)8-9-15-18(22)16(14(4)21)13(3)17(20)19(15)23/h11-12,22-23H,5-10,25H2,1-4H3. The zero-order valence-corrected chi connectivity index (χ0v) is 17.5. The Morgan fingerprint density at radius 3 is 2.32 bits per heavy atom. The number of ketones is 1. The summed E-state index contributed by atoms with van der Waals surface area (Å²) in [5.74, 6) is 0.484. The number of rotatable bonds is 10. The first-order valence-corrected chi connectivity index (χ1v) is 9.61. The molecule has 6 heteroatoms. The van der Waals surface area contributed by atoms with Gasteiger partial charge >= 0.3 is 0 Å². The minimum atomic E-state index is -0.253. The van der Waals surface area contributed by atoms with Crippen molar-refractivity contribution >= 4 is 26.9 Å². The lowest BCUT2D eigenvalue weighted by molar-refractivity contribution is 0.101. The fraction of sp³-hybridized carbons (Fsp3) is 0.632. The van der Waals surface area contributed by atoms with Gasteiger partial charge in [0, 0.05) is 15.0 Å². The molecule has 4 nitrogen and oxygen atoms in total. The van der Waals surface area contributed by atoms with E-state index < -0.39 is 0 Å². The van der Waals surface area contributed by atoms with Gasteiger partial charge in [0.2, 0.25) is 0 Å². The topological polar surface area (TPSA) is 66.8 Å². The first-order valence-electron chi connectivity index (χ1n) is 8.76. The van der Waals surface area contributed by atoms with Crippen molar-refractivity contribution in [2.45, 2.75) is 59.8 Å². The second-order valence-electron chi connectivity index (χ2n) is 7.06. The maximum atomic E-state index is 11.8. The molecule has 0 aliphatic rings. The van der Waals surface area contributed by atoms with Crippen molar-refractivity contribution in [3.63, 3.8) is 0 Å². The number of hydrogen-bond donors (Lipinski definition) is 2. The lowest BCUT2D eigenvalue weighted by Crippen LogP contribution is -2.05. The van der Waals surface area contributed by atoms with Crippen LogP contribution in [-0.2, 0) is 10.9 Å². The molecule has 0 saturated carbocycles. The molecule has 0 aliphatic heterocycles. The van der Waals surface area contributed by atoms with Gasteiger partial charge in [-0.1, -0.05) is 38.3 Å². The van der Waals surface area contributed by atoms with E-state index in [0.29, 0.717) is 29.4 Å². The molecule has 0 bridgehead atoms. The summed E-state index contributed by atoms with van der Waals surface area (Å²) in [6.45, 7) is 8.09. The molecule has 0 radical (unpaired) electrons. The van der Waals surface area contributed by atoms with E-state index in [4.69, 9.17) is 16.1 Å². The molecule has 1 rings (SSSR count). The molecule has 0 spiro atoms. The maximum Gasteiger partial charge on any atom is 0.163 e. The van der Waals surface area contributed by atoms with Gasteiger partial charge in [-0.05, 0) is 50.5 Å². The Labute approximate surface area is 158 Å². The Morgan fingerprint density at radius 2 is 1.76 bits per heavy atom. The average molecular weight is 389 g/mol. The van der Waals surface area contributed by atoms with E-state index in [1.54, 1.807) is 6.92 Å².